The maximum Gasteiger partial charge on any atom is 0.342 e. The second-order valence-corrected chi connectivity index (χ2v) is 9.05. The van der Waals surface area contributed by atoms with Crippen molar-refractivity contribution in [2.75, 3.05) is 7.11 Å². The number of carbonyl (C=O) groups is 3. The number of fused-ring (bicyclic) bond motifs is 2. The molecule has 184 valence electrons. The zero-order chi connectivity index (χ0) is 24.9. The molecular formula is C28H30O7. The van der Waals surface area contributed by atoms with E-state index in [9.17, 15) is 19.5 Å². The number of phenols is 1. The van der Waals surface area contributed by atoms with Gasteiger partial charge in [-0.25, -0.2) is 4.79 Å². The molecule has 0 aromatic heterocycles. The van der Waals surface area contributed by atoms with E-state index in [1.165, 1.54) is 0 Å². The first-order valence-corrected chi connectivity index (χ1v) is 12.0. The summed E-state index contributed by atoms with van der Waals surface area (Å²) < 4.78 is 16.5. The predicted octanol–water partition coefficient (Wildman–Crippen LogP) is 5.32. The second kappa shape index (κ2) is 10.8. The molecule has 0 spiro atoms. The number of carbonyl (C=O) groups excluding carboxylic acids is 3. The third-order valence-electron chi connectivity index (χ3n) is 6.47. The number of methoxy groups -OCH3 is 1. The topological polar surface area (TPSA) is 99.1 Å². The molecule has 0 saturated heterocycles. The van der Waals surface area contributed by atoms with E-state index in [4.69, 9.17) is 14.2 Å². The number of phenolic OH excluding ortho intramolecular Hbond substituents is 1. The van der Waals surface area contributed by atoms with E-state index >= 15 is 0 Å². The molecule has 35 heavy (non-hydrogen) atoms. The molecule has 1 N–H and O–H groups in total. The quantitative estimate of drug-likeness (QED) is 0.460. The summed E-state index contributed by atoms with van der Waals surface area (Å²) in [7, 11) is 1.56. The number of allylic oxidation sites excluding steroid dienone is 1. The average molecular weight is 479 g/mol. The van der Waals surface area contributed by atoms with Gasteiger partial charge in [0.1, 0.15) is 28.6 Å². The van der Waals surface area contributed by atoms with Gasteiger partial charge in [-0.2, -0.15) is 0 Å². The predicted molar refractivity (Wildman–Crippen MR) is 130 cm³/mol. The minimum atomic E-state index is -0.651. The molecule has 2 aromatic rings. The SMILES string of the molecule is COc1cccc(C2CC(=O)Oc3cc4c(c(O)c32)C(=O)O[C@@H](C)CCCC(=O)CCCC=C4)c1. The summed E-state index contributed by atoms with van der Waals surface area (Å²) in [5, 5.41) is 11.4. The third-order valence-corrected chi connectivity index (χ3v) is 6.47. The Bertz CT molecular complexity index is 1160. The first-order valence-electron chi connectivity index (χ1n) is 12.0. The van der Waals surface area contributed by atoms with E-state index in [1.807, 2.05) is 18.2 Å². The number of aromatic hydroxyl groups is 1. The van der Waals surface area contributed by atoms with Crippen molar-refractivity contribution >= 4 is 23.8 Å². The Morgan fingerprint density at radius 1 is 1.09 bits per heavy atom. The average Bonchev–Trinajstić information content (AvgIpc) is 2.82. The number of rotatable bonds is 2. The van der Waals surface area contributed by atoms with Crippen LogP contribution in [0.15, 0.2) is 36.4 Å². The molecular weight excluding hydrogens is 448 g/mol. The number of cyclic esters (lactones) is 1. The fourth-order valence-electron chi connectivity index (χ4n) is 4.66. The highest BCUT2D eigenvalue weighted by Gasteiger charge is 2.35. The van der Waals surface area contributed by atoms with Gasteiger partial charge in [0.25, 0.3) is 0 Å². The Morgan fingerprint density at radius 2 is 1.89 bits per heavy atom. The number of esters is 2. The largest absolute Gasteiger partial charge is 0.507 e. The van der Waals surface area contributed by atoms with Crippen LogP contribution in [0.25, 0.3) is 6.08 Å². The smallest absolute Gasteiger partial charge is 0.342 e. The summed E-state index contributed by atoms with van der Waals surface area (Å²) in [5.74, 6) is -0.799. The Hall–Kier alpha value is -3.61. The molecule has 1 unspecified atom stereocenters. The molecule has 0 bridgehead atoms. The van der Waals surface area contributed by atoms with Gasteiger partial charge in [-0.1, -0.05) is 24.3 Å². The van der Waals surface area contributed by atoms with Crippen molar-refractivity contribution in [3.63, 3.8) is 0 Å². The Labute approximate surface area is 204 Å². The fourth-order valence-corrected chi connectivity index (χ4v) is 4.66. The van der Waals surface area contributed by atoms with Crippen LogP contribution in [-0.2, 0) is 14.3 Å². The van der Waals surface area contributed by atoms with Crippen molar-refractivity contribution in [1.29, 1.82) is 0 Å². The van der Waals surface area contributed by atoms with Gasteiger partial charge < -0.3 is 19.3 Å². The summed E-state index contributed by atoms with van der Waals surface area (Å²) in [6.45, 7) is 1.78. The van der Waals surface area contributed by atoms with Crippen LogP contribution in [0.4, 0.5) is 0 Å². The fraction of sp³-hybridized carbons (Fsp3) is 0.393. The zero-order valence-electron chi connectivity index (χ0n) is 20.0. The highest BCUT2D eigenvalue weighted by molar-refractivity contribution is 5.98. The molecule has 7 heteroatoms. The zero-order valence-corrected chi connectivity index (χ0v) is 20.0. The highest BCUT2D eigenvalue weighted by Crippen LogP contribution is 2.47. The van der Waals surface area contributed by atoms with Crippen molar-refractivity contribution in [3.8, 4) is 17.2 Å². The van der Waals surface area contributed by atoms with Gasteiger partial charge in [-0.3, -0.25) is 9.59 Å². The van der Waals surface area contributed by atoms with Gasteiger partial charge in [0, 0.05) is 24.3 Å². The van der Waals surface area contributed by atoms with Crippen molar-refractivity contribution in [2.24, 2.45) is 0 Å². The number of benzene rings is 2. The van der Waals surface area contributed by atoms with Crippen LogP contribution in [0.1, 0.15) is 84.8 Å². The molecule has 2 aliphatic heterocycles. The molecule has 2 heterocycles. The lowest BCUT2D eigenvalue weighted by molar-refractivity contribution is -0.135. The first kappa shape index (κ1) is 24.5. The van der Waals surface area contributed by atoms with Crippen LogP contribution in [0.2, 0.25) is 0 Å². The Kier molecular flexibility index (Phi) is 7.54. The summed E-state index contributed by atoms with van der Waals surface area (Å²) >= 11 is 0. The minimum absolute atomic E-state index is 0.0157. The van der Waals surface area contributed by atoms with Crippen molar-refractivity contribution < 1.29 is 33.7 Å². The number of hydrogen-bond acceptors (Lipinski definition) is 7. The lowest BCUT2D eigenvalue weighted by atomic mass is 9.83. The van der Waals surface area contributed by atoms with E-state index in [-0.39, 0.29) is 29.3 Å². The summed E-state index contributed by atoms with van der Waals surface area (Å²) in [4.78, 5) is 37.8. The van der Waals surface area contributed by atoms with Crippen LogP contribution in [0, 0.1) is 0 Å². The number of ketones is 1. The summed E-state index contributed by atoms with van der Waals surface area (Å²) in [5.41, 5.74) is 1.59. The van der Waals surface area contributed by atoms with Crippen LogP contribution in [-0.4, -0.2) is 36.0 Å². The van der Waals surface area contributed by atoms with E-state index in [0.29, 0.717) is 55.4 Å². The summed E-state index contributed by atoms with van der Waals surface area (Å²) in [6, 6.07) is 8.87. The Balaban J connectivity index is 1.81. The lowest BCUT2D eigenvalue weighted by Gasteiger charge is -2.28. The normalized spacial score (nSPS) is 21.3. The van der Waals surface area contributed by atoms with Crippen LogP contribution in [0.3, 0.4) is 0 Å². The van der Waals surface area contributed by atoms with Gasteiger partial charge in [-0.15, -0.1) is 0 Å². The van der Waals surface area contributed by atoms with E-state index in [1.54, 1.807) is 38.3 Å². The number of ether oxygens (including phenoxy) is 3. The standard InChI is InChI=1S/C28H30O7/c1-17-8-6-12-20(29)11-5-3-4-9-19-15-23-26(27(31)25(19)28(32)34-17)22(16-24(30)35-23)18-10-7-13-21(14-18)33-2/h4,7,9-10,13-15,17,22,31H,3,5-6,8,11-12,16H2,1-2H3/t17-,22?/m0/s1. The molecule has 2 atom stereocenters. The Morgan fingerprint density at radius 3 is 2.69 bits per heavy atom. The van der Waals surface area contributed by atoms with Gasteiger partial charge in [0.05, 0.1) is 19.6 Å². The molecule has 0 fully saturated rings. The second-order valence-electron chi connectivity index (χ2n) is 9.05. The van der Waals surface area contributed by atoms with E-state index < -0.39 is 24.0 Å². The molecule has 0 saturated carbocycles. The monoisotopic (exact) mass is 478 g/mol. The maximum absolute atomic E-state index is 13.3. The van der Waals surface area contributed by atoms with Crippen molar-refractivity contribution in [2.45, 2.75) is 63.9 Å². The van der Waals surface area contributed by atoms with Gasteiger partial charge in [-0.05, 0) is 61.9 Å². The summed E-state index contributed by atoms with van der Waals surface area (Å²) in [6.07, 6.45) is 6.66. The van der Waals surface area contributed by atoms with Crippen LogP contribution < -0.4 is 9.47 Å². The number of Topliss-reactive ketones (excluding diaryl/α,β-unsaturated/α-hetero) is 1. The van der Waals surface area contributed by atoms with Crippen molar-refractivity contribution in [1.82, 2.24) is 0 Å². The van der Waals surface area contributed by atoms with E-state index in [0.717, 1.165) is 5.56 Å². The van der Waals surface area contributed by atoms with Gasteiger partial charge in [0.2, 0.25) is 0 Å². The van der Waals surface area contributed by atoms with Crippen LogP contribution in [0.5, 0.6) is 17.2 Å². The third kappa shape index (κ3) is 5.56. The highest BCUT2D eigenvalue weighted by atomic mass is 16.5. The van der Waals surface area contributed by atoms with Crippen LogP contribution >= 0.6 is 0 Å². The number of hydrogen-bond donors (Lipinski definition) is 1. The van der Waals surface area contributed by atoms with Gasteiger partial charge >= 0.3 is 11.9 Å². The molecule has 2 aromatic carbocycles. The maximum atomic E-state index is 13.3. The molecule has 0 aliphatic carbocycles. The molecule has 0 amide bonds. The lowest BCUT2D eigenvalue weighted by Crippen LogP contribution is -2.23. The van der Waals surface area contributed by atoms with E-state index in [2.05, 4.69) is 0 Å². The molecule has 2 aliphatic rings. The molecule has 4 rings (SSSR count). The molecule has 7 nitrogen and oxygen atoms in total. The van der Waals surface area contributed by atoms with Crippen molar-refractivity contribution in [3.05, 3.63) is 58.7 Å². The first-order chi connectivity index (χ1) is 16.9. The minimum Gasteiger partial charge on any atom is -0.507 e. The van der Waals surface area contributed by atoms with Gasteiger partial charge in [0.15, 0.2) is 0 Å². The molecule has 0 radical (unpaired) electrons.